The third kappa shape index (κ3) is 4.29. The third-order valence-corrected chi connectivity index (χ3v) is 3.55. The summed E-state index contributed by atoms with van der Waals surface area (Å²) in [6.45, 7) is 1.95. The molecule has 3 nitrogen and oxygen atoms in total. The van der Waals surface area contributed by atoms with Crippen LogP contribution in [0, 0.1) is 5.82 Å². The average molecular weight is 277 g/mol. The number of benzene rings is 1. The number of nitrogens with zero attached hydrogens (tertiary/aromatic N) is 2. The quantitative estimate of drug-likeness (QED) is 0.854. The van der Waals surface area contributed by atoms with Crippen LogP contribution in [0.1, 0.15) is 18.3 Å². The van der Waals surface area contributed by atoms with Gasteiger partial charge in [-0.3, -0.25) is 0 Å². The molecule has 0 aliphatic carbocycles. The molecule has 100 valence electrons. The van der Waals surface area contributed by atoms with Gasteiger partial charge in [0.25, 0.3) is 0 Å². The van der Waals surface area contributed by atoms with Crippen molar-refractivity contribution in [1.82, 2.24) is 9.97 Å². The summed E-state index contributed by atoms with van der Waals surface area (Å²) in [4.78, 5) is 9.15. The van der Waals surface area contributed by atoms with E-state index in [9.17, 15) is 4.39 Å². The molecule has 2 aromatic rings. The Morgan fingerprint density at radius 2 is 1.95 bits per heavy atom. The van der Waals surface area contributed by atoms with Gasteiger partial charge in [0.2, 0.25) is 0 Å². The summed E-state index contributed by atoms with van der Waals surface area (Å²) in [5, 5.41) is 0. The Labute approximate surface area is 116 Å². The van der Waals surface area contributed by atoms with Gasteiger partial charge in [0, 0.05) is 23.3 Å². The standard InChI is InChI=1S/C14H16FN3S/c1-10(16)6-11-7-17-14(18-8-11)9-19-13-5-3-2-4-12(13)15/h2-5,7-8,10H,6,9,16H2,1H3. The van der Waals surface area contributed by atoms with Crippen molar-refractivity contribution in [3.8, 4) is 0 Å². The van der Waals surface area contributed by atoms with Gasteiger partial charge < -0.3 is 5.73 Å². The molecule has 0 radical (unpaired) electrons. The number of rotatable bonds is 5. The molecule has 1 aromatic carbocycles. The van der Waals surface area contributed by atoms with E-state index in [1.165, 1.54) is 17.8 Å². The molecular formula is C14H16FN3S. The van der Waals surface area contributed by atoms with Crippen LogP contribution in [0.4, 0.5) is 4.39 Å². The Balaban J connectivity index is 1.95. The van der Waals surface area contributed by atoms with Gasteiger partial charge in [0.1, 0.15) is 11.6 Å². The third-order valence-electron chi connectivity index (χ3n) is 2.51. The highest BCUT2D eigenvalue weighted by Crippen LogP contribution is 2.23. The molecule has 2 N–H and O–H groups in total. The van der Waals surface area contributed by atoms with Crippen molar-refractivity contribution in [3.63, 3.8) is 0 Å². The first-order valence-corrected chi connectivity index (χ1v) is 7.06. The summed E-state index contributed by atoms with van der Waals surface area (Å²) in [7, 11) is 0. The zero-order valence-corrected chi connectivity index (χ0v) is 11.5. The summed E-state index contributed by atoms with van der Waals surface area (Å²) in [6.07, 6.45) is 4.34. The maximum atomic E-state index is 13.4. The van der Waals surface area contributed by atoms with Crippen LogP contribution in [-0.4, -0.2) is 16.0 Å². The number of hydrogen-bond acceptors (Lipinski definition) is 4. The summed E-state index contributed by atoms with van der Waals surface area (Å²) in [6, 6.07) is 6.80. The van der Waals surface area contributed by atoms with E-state index in [4.69, 9.17) is 5.73 Å². The van der Waals surface area contributed by atoms with E-state index in [1.54, 1.807) is 24.5 Å². The van der Waals surface area contributed by atoms with Crippen molar-refractivity contribution in [2.24, 2.45) is 5.73 Å². The Hall–Kier alpha value is -1.46. The van der Waals surface area contributed by atoms with Crippen LogP contribution in [0.25, 0.3) is 0 Å². The van der Waals surface area contributed by atoms with Crippen molar-refractivity contribution in [1.29, 1.82) is 0 Å². The van der Waals surface area contributed by atoms with Gasteiger partial charge in [0.15, 0.2) is 0 Å². The molecule has 1 aromatic heterocycles. The van der Waals surface area contributed by atoms with Crippen LogP contribution in [0.2, 0.25) is 0 Å². The number of aromatic nitrogens is 2. The summed E-state index contributed by atoms with van der Waals surface area (Å²) in [5.74, 6) is 1.04. The molecule has 0 bridgehead atoms. The molecule has 2 rings (SSSR count). The SMILES string of the molecule is CC(N)Cc1cnc(CSc2ccccc2F)nc1. The zero-order chi connectivity index (χ0) is 13.7. The lowest BCUT2D eigenvalue weighted by atomic mass is 10.1. The number of halogens is 1. The van der Waals surface area contributed by atoms with Crippen molar-refractivity contribution < 1.29 is 4.39 Å². The lowest BCUT2D eigenvalue weighted by Crippen LogP contribution is -2.18. The Morgan fingerprint density at radius 3 is 2.58 bits per heavy atom. The molecule has 0 aliphatic rings. The molecule has 5 heteroatoms. The Bertz CT molecular complexity index is 528. The van der Waals surface area contributed by atoms with E-state index in [0.717, 1.165) is 12.0 Å². The van der Waals surface area contributed by atoms with Gasteiger partial charge in [-0.2, -0.15) is 0 Å². The van der Waals surface area contributed by atoms with Gasteiger partial charge in [-0.25, -0.2) is 14.4 Å². The molecule has 0 spiro atoms. The van der Waals surface area contributed by atoms with Gasteiger partial charge >= 0.3 is 0 Å². The number of nitrogens with two attached hydrogens (primary N) is 1. The smallest absolute Gasteiger partial charge is 0.138 e. The average Bonchev–Trinajstić information content (AvgIpc) is 2.39. The molecule has 1 atom stereocenters. The minimum Gasteiger partial charge on any atom is -0.328 e. The van der Waals surface area contributed by atoms with E-state index in [-0.39, 0.29) is 11.9 Å². The minimum absolute atomic E-state index is 0.0993. The number of hydrogen-bond donors (Lipinski definition) is 1. The van der Waals surface area contributed by atoms with E-state index in [2.05, 4.69) is 9.97 Å². The van der Waals surface area contributed by atoms with E-state index < -0.39 is 0 Å². The first-order valence-electron chi connectivity index (χ1n) is 6.08. The second-order valence-corrected chi connectivity index (χ2v) is 5.43. The fourth-order valence-corrected chi connectivity index (χ4v) is 2.45. The monoisotopic (exact) mass is 277 g/mol. The van der Waals surface area contributed by atoms with Crippen molar-refractivity contribution in [3.05, 3.63) is 53.9 Å². The predicted octanol–water partition coefficient (Wildman–Crippen LogP) is 2.80. The van der Waals surface area contributed by atoms with Crippen LogP contribution >= 0.6 is 11.8 Å². The molecule has 19 heavy (non-hydrogen) atoms. The van der Waals surface area contributed by atoms with Crippen LogP contribution in [0.15, 0.2) is 41.6 Å². The lowest BCUT2D eigenvalue weighted by molar-refractivity contribution is 0.602. The minimum atomic E-state index is -0.207. The molecule has 0 saturated heterocycles. The highest BCUT2D eigenvalue weighted by atomic mass is 32.2. The fraction of sp³-hybridized carbons (Fsp3) is 0.286. The van der Waals surface area contributed by atoms with Crippen LogP contribution in [-0.2, 0) is 12.2 Å². The first-order chi connectivity index (χ1) is 9.15. The van der Waals surface area contributed by atoms with E-state index >= 15 is 0 Å². The lowest BCUT2D eigenvalue weighted by Gasteiger charge is -2.05. The van der Waals surface area contributed by atoms with Crippen molar-refractivity contribution in [2.75, 3.05) is 0 Å². The summed E-state index contributed by atoms with van der Waals surface area (Å²) in [5.41, 5.74) is 6.74. The normalized spacial score (nSPS) is 12.4. The second-order valence-electron chi connectivity index (χ2n) is 4.41. The molecule has 0 fully saturated rings. The van der Waals surface area contributed by atoms with Crippen molar-refractivity contribution >= 4 is 11.8 Å². The largest absolute Gasteiger partial charge is 0.328 e. The van der Waals surface area contributed by atoms with E-state index in [0.29, 0.717) is 16.5 Å². The maximum Gasteiger partial charge on any atom is 0.138 e. The van der Waals surface area contributed by atoms with E-state index in [1.807, 2.05) is 13.0 Å². The van der Waals surface area contributed by atoms with Crippen LogP contribution < -0.4 is 5.73 Å². The maximum absolute atomic E-state index is 13.4. The molecule has 0 amide bonds. The number of thioether (sulfide) groups is 1. The van der Waals surface area contributed by atoms with Gasteiger partial charge in [-0.1, -0.05) is 12.1 Å². The fourth-order valence-electron chi connectivity index (χ4n) is 1.64. The molecule has 1 heterocycles. The topological polar surface area (TPSA) is 51.8 Å². The Morgan fingerprint density at radius 1 is 1.26 bits per heavy atom. The molecule has 0 aliphatic heterocycles. The van der Waals surface area contributed by atoms with Gasteiger partial charge in [0.05, 0.1) is 5.75 Å². The van der Waals surface area contributed by atoms with Crippen LogP contribution in [0.3, 0.4) is 0 Å². The molecule has 1 unspecified atom stereocenters. The predicted molar refractivity (Wildman–Crippen MR) is 75.3 cm³/mol. The summed E-state index contributed by atoms with van der Waals surface area (Å²) < 4.78 is 13.4. The van der Waals surface area contributed by atoms with Gasteiger partial charge in [-0.15, -0.1) is 11.8 Å². The summed E-state index contributed by atoms with van der Waals surface area (Å²) >= 11 is 1.40. The van der Waals surface area contributed by atoms with Gasteiger partial charge in [-0.05, 0) is 31.0 Å². The van der Waals surface area contributed by atoms with Crippen molar-refractivity contribution in [2.45, 2.75) is 30.0 Å². The zero-order valence-electron chi connectivity index (χ0n) is 10.7. The highest BCUT2D eigenvalue weighted by molar-refractivity contribution is 7.98. The van der Waals surface area contributed by atoms with Crippen LogP contribution in [0.5, 0.6) is 0 Å². The molecular weight excluding hydrogens is 261 g/mol. The second kappa shape index (κ2) is 6.63. The molecule has 0 saturated carbocycles. The first kappa shape index (κ1) is 14.0. The highest BCUT2D eigenvalue weighted by Gasteiger charge is 2.04. The Kier molecular flexibility index (Phi) is 4.87.